The first-order valence-corrected chi connectivity index (χ1v) is 1.93. The smallest absolute Gasteiger partial charge is 0.177 e. The molecule has 0 radical (unpaired) electrons. The fraction of sp³-hybridized carbons (Fsp3) is 0. The third-order valence-electron chi connectivity index (χ3n) is 0.542. The van der Waals surface area contributed by atoms with E-state index in [1.165, 1.54) is 12.0 Å². The van der Waals surface area contributed by atoms with Crippen LogP contribution in [-0.2, 0) is 9.59 Å². The maximum Gasteiger partial charge on any atom is 0.177 e. The van der Waals surface area contributed by atoms with Gasteiger partial charge >= 0.3 is 0 Å². The van der Waals surface area contributed by atoms with E-state index in [0.29, 0.717) is 6.29 Å². The van der Waals surface area contributed by atoms with Crippen LogP contribution in [0.25, 0.3) is 0 Å². The predicted octanol–water partition coefficient (Wildman–Crippen LogP) is 0.284. The van der Waals surface area contributed by atoms with Crippen LogP contribution in [0.4, 0.5) is 0 Å². The second-order valence-electron chi connectivity index (χ2n) is 1.00. The lowest BCUT2D eigenvalue weighted by atomic mass is 10.3. The van der Waals surface area contributed by atoms with Crippen molar-refractivity contribution in [3.05, 3.63) is 24.0 Å². The van der Waals surface area contributed by atoms with E-state index in [2.05, 4.69) is 6.58 Å². The minimum atomic E-state index is 0.125. The molecule has 0 heterocycles. The number of rotatable bonds is 2. The molecule has 2 nitrogen and oxygen atoms in total. The average molecular weight is 108 g/mol. The number of aldehydes is 1. The molecule has 0 spiro atoms. The molecule has 0 aromatic carbocycles. The maximum atomic E-state index is 9.78. The van der Waals surface area contributed by atoms with Crippen LogP contribution in [0.15, 0.2) is 24.0 Å². The van der Waals surface area contributed by atoms with Crippen molar-refractivity contribution in [2.45, 2.75) is 0 Å². The van der Waals surface area contributed by atoms with Gasteiger partial charge in [0.2, 0.25) is 0 Å². The van der Waals surface area contributed by atoms with E-state index >= 15 is 0 Å². The highest BCUT2D eigenvalue weighted by atomic mass is 16.1. The van der Waals surface area contributed by atoms with Crippen molar-refractivity contribution in [3.63, 3.8) is 0 Å². The lowest BCUT2D eigenvalue weighted by molar-refractivity contribution is -0.104. The van der Waals surface area contributed by atoms with E-state index < -0.39 is 0 Å². The van der Waals surface area contributed by atoms with Crippen molar-refractivity contribution in [1.29, 1.82) is 0 Å². The second-order valence-corrected chi connectivity index (χ2v) is 1.00. The lowest BCUT2D eigenvalue weighted by Crippen LogP contribution is -1.71. The fourth-order valence-electron chi connectivity index (χ4n) is 0.188. The van der Waals surface area contributed by atoms with Gasteiger partial charge in [0.05, 0.1) is 5.57 Å². The first kappa shape index (κ1) is 6.64. The van der Waals surface area contributed by atoms with Crippen LogP contribution in [-0.4, -0.2) is 12.2 Å². The standard InChI is InChI=1S/C6H4O2/c1-2-6(5-8)3-4-7/h2,5H,1H2. The molecule has 0 amide bonds. The van der Waals surface area contributed by atoms with Crippen LogP contribution in [0.1, 0.15) is 0 Å². The van der Waals surface area contributed by atoms with E-state index in [4.69, 9.17) is 0 Å². The summed E-state index contributed by atoms with van der Waals surface area (Å²) in [5.74, 6) is 1.33. The minimum absolute atomic E-state index is 0.125. The van der Waals surface area contributed by atoms with Gasteiger partial charge in [-0.15, -0.1) is 0 Å². The highest BCUT2D eigenvalue weighted by molar-refractivity contribution is 5.78. The highest BCUT2D eigenvalue weighted by Gasteiger charge is 1.78. The summed E-state index contributed by atoms with van der Waals surface area (Å²) in [6.07, 6.45) is 1.72. The third kappa shape index (κ3) is 1.93. The molecule has 0 rings (SSSR count). The molecule has 0 N–H and O–H groups in total. The Balaban J connectivity index is 4.56. The van der Waals surface area contributed by atoms with Crippen LogP contribution in [0.3, 0.4) is 0 Å². The summed E-state index contributed by atoms with van der Waals surface area (Å²) in [7, 11) is 0. The Morgan fingerprint density at radius 1 is 1.62 bits per heavy atom. The van der Waals surface area contributed by atoms with Gasteiger partial charge in [-0.1, -0.05) is 12.7 Å². The van der Waals surface area contributed by atoms with Gasteiger partial charge in [-0.2, -0.15) is 0 Å². The van der Waals surface area contributed by atoms with Gasteiger partial charge in [0.15, 0.2) is 12.2 Å². The van der Waals surface area contributed by atoms with Crippen molar-refractivity contribution in [2.75, 3.05) is 0 Å². The highest BCUT2D eigenvalue weighted by Crippen LogP contribution is 1.81. The van der Waals surface area contributed by atoms with Gasteiger partial charge in [-0.25, -0.2) is 4.79 Å². The molecule has 0 aliphatic heterocycles. The van der Waals surface area contributed by atoms with E-state index in [0.717, 1.165) is 0 Å². The molecule has 0 unspecified atom stereocenters. The molecule has 0 aromatic heterocycles. The summed E-state index contributed by atoms with van der Waals surface area (Å²) in [5.41, 5.74) is 2.13. The summed E-state index contributed by atoms with van der Waals surface area (Å²) in [5, 5.41) is 0. The number of carbonyl (C=O) groups excluding carboxylic acids is 2. The minimum Gasteiger partial charge on any atom is -0.297 e. The van der Waals surface area contributed by atoms with Crippen LogP contribution in [0, 0.1) is 0 Å². The third-order valence-corrected chi connectivity index (χ3v) is 0.542. The lowest BCUT2D eigenvalue weighted by Gasteiger charge is -1.70. The number of carbonyl (C=O) groups is 1. The first-order chi connectivity index (χ1) is 3.85. The Morgan fingerprint density at radius 3 is 2.38 bits per heavy atom. The predicted molar refractivity (Wildman–Crippen MR) is 29.0 cm³/mol. The first-order valence-electron chi connectivity index (χ1n) is 1.93. The van der Waals surface area contributed by atoms with Crippen LogP contribution < -0.4 is 0 Å². The molecular weight excluding hydrogens is 104 g/mol. The molecule has 0 aliphatic carbocycles. The summed E-state index contributed by atoms with van der Waals surface area (Å²) in [4.78, 5) is 19.2. The SMILES string of the molecule is C=CC(=C=C=O)C=O. The van der Waals surface area contributed by atoms with Gasteiger partial charge in [0.1, 0.15) is 0 Å². The van der Waals surface area contributed by atoms with E-state index in [1.54, 1.807) is 0 Å². The Kier molecular flexibility index (Phi) is 3.17. The molecule has 0 bridgehead atoms. The molecule has 2 heteroatoms. The van der Waals surface area contributed by atoms with Gasteiger partial charge in [-0.05, 0) is 5.73 Å². The van der Waals surface area contributed by atoms with Gasteiger partial charge < -0.3 is 0 Å². The van der Waals surface area contributed by atoms with Crippen molar-refractivity contribution in [1.82, 2.24) is 0 Å². The molecule has 0 saturated carbocycles. The molecular formula is C6H4O2. The summed E-state index contributed by atoms with van der Waals surface area (Å²) >= 11 is 0. The zero-order valence-corrected chi connectivity index (χ0v) is 4.18. The molecule has 0 aromatic rings. The zero-order valence-electron chi connectivity index (χ0n) is 4.18. The fourth-order valence-corrected chi connectivity index (χ4v) is 0.188. The average Bonchev–Trinajstić information content (AvgIpc) is 1.83. The van der Waals surface area contributed by atoms with E-state index in [1.807, 2.05) is 5.73 Å². The molecule has 0 saturated heterocycles. The summed E-state index contributed by atoms with van der Waals surface area (Å²) in [6, 6.07) is 0. The van der Waals surface area contributed by atoms with E-state index in [-0.39, 0.29) is 5.57 Å². The Bertz CT molecular complexity index is 169. The topological polar surface area (TPSA) is 34.1 Å². The summed E-state index contributed by atoms with van der Waals surface area (Å²) in [6.45, 7) is 3.24. The Labute approximate surface area is 46.8 Å². The summed E-state index contributed by atoms with van der Waals surface area (Å²) < 4.78 is 0. The maximum absolute atomic E-state index is 9.78. The van der Waals surface area contributed by atoms with Crippen molar-refractivity contribution in [2.24, 2.45) is 0 Å². The van der Waals surface area contributed by atoms with Gasteiger partial charge in [-0.3, -0.25) is 4.79 Å². The normalized spacial score (nSPS) is 6.00. The number of hydrogen-bond acceptors (Lipinski definition) is 2. The Hall–Kier alpha value is -1.36. The van der Waals surface area contributed by atoms with Crippen LogP contribution in [0.2, 0.25) is 0 Å². The molecule has 40 valence electrons. The van der Waals surface area contributed by atoms with Crippen molar-refractivity contribution < 1.29 is 9.59 Å². The molecule has 8 heavy (non-hydrogen) atoms. The van der Waals surface area contributed by atoms with Crippen molar-refractivity contribution >= 4 is 12.2 Å². The monoisotopic (exact) mass is 108 g/mol. The van der Waals surface area contributed by atoms with Gasteiger partial charge in [0, 0.05) is 0 Å². The zero-order chi connectivity index (χ0) is 6.41. The largest absolute Gasteiger partial charge is 0.297 e. The molecule has 0 fully saturated rings. The number of allylic oxidation sites excluding steroid dienone is 2. The van der Waals surface area contributed by atoms with Crippen molar-refractivity contribution in [3.8, 4) is 0 Å². The number of hydrogen-bond donors (Lipinski definition) is 0. The Morgan fingerprint density at radius 2 is 2.25 bits per heavy atom. The molecule has 0 atom stereocenters. The van der Waals surface area contributed by atoms with E-state index in [9.17, 15) is 9.59 Å². The van der Waals surface area contributed by atoms with Gasteiger partial charge in [0.25, 0.3) is 0 Å². The van der Waals surface area contributed by atoms with Crippen LogP contribution >= 0.6 is 0 Å². The molecule has 0 aliphatic rings. The van der Waals surface area contributed by atoms with Crippen LogP contribution in [0.5, 0.6) is 0 Å². The second kappa shape index (κ2) is 3.82. The quantitative estimate of drug-likeness (QED) is 0.167.